The third-order valence-corrected chi connectivity index (χ3v) is 2.00. The molecular formula is C6H7NNaO2S+. The smallest absolute Gasteiger partial charge is 0.225 e. The van der Waals surface area contributed by atoms with E-state index in [1.165, 1.54) is 12.1 Å². The maximum Gasteiger partial charge on any atom is 1.00 e. The minimum absolute atomic E-state index is 0. The summed E-state index contributed by atoms with van der Waals surface area (Å²) >= 11 is 0. The van der Waals surface area contributed by atoms with Crippen molar-refractivity contribution < 1.29 is 38.0 Å². The minimum atomic E-state index is -3.50. The van der Waals surface area contributed by atoms with Gasteiger partial charge in [-0.1, -0.05) is 18.2 Å². The van der Waals surface area contributed by atoms with E-state index >= 15 is 0 Å². The third kappa shape index (κ3) is 3.35. The van der Waals surface area contributed by atoms with Crippen molar-refractivity contribution in [2.24, 2.45) is 5.14 Å². The van der Waals surface area contributed by atoms with Gasteiger partial charge in [0, 0.05) is 0 Å². The van der Waals surface area contributed by atoms with E-state index in [9.17, 15) is 8.42 Å². The molecule has 1 aromatic rings. The summed E-state index contributed by atoms with van der Waals surface area (Å²) in [5.41, 5.74) is 0. The fourth-order valence-corrected chi connectivity index (χ4v) is 1.15. The van der Waals surface area contributed by atoms with E-state index in [1.807, 2.05) is 0 Å². The molecule has 0 amide bonds. The van der Waals surface area contributed by atoms with Crippen LogP contribution in [0.5, 0.6) is 0 Å². The number of rotatable bonds is 1. The molecule has 0 aliphatic rings. The summed E-state index contributed by atoms with van der Waals surface area (Å²) in [4.78, 5) is 0.148. The summed E-state index contributed by atoms with van der Waals surface area (Å²) in [7, 11) is -3.50. The zero-order chi connectivity index (χ0) is 7.61. The fourth-order valence-electron chi connectivity index (χ4n) is 0.610. The van der Waals surface area contributed by atoms with Gasteiger partial charge in [0.2, 0.25) is 10.0 Å². The average Bonchev–Trinajstić information content (AvgIpc) is 1.88. The van der Waals surface area contributed by atoms with Crippen LogP contribution in [0.3, 0.4) is 0 Å². The van der Waals surface area contributed by atoms with E-state index in [-0.39, 0.29) is 34.5 Å². The molecule has 0 saturated carbocycles. The summed E-state index contributed by atoms with van der Waals surface area (Å²) in [6.07, 6.45) is 0. The van der Waals surface area contributed by atoms with Crippen molar-refractivity contribution in [1.82, 2.24) is 0 Å². The van der Waals surface area contributed by atoms with E-state index in [0.29, 0.717) is 0 Å². The van der Waals surface area contributed by atoms with Gasteiger partial charge < -0.3 is 0 Å². The van der Waals surface area contributed by atoms with Gasteiger partial charge in [-0.05, 0) is 12.1 Å². The first kappa shape index (κ1) is 11.1. The summed E-state index contributed by atoms with van der Waals surface area (Å²) in [5.74, 6) is 0. The maximum absolute atomic E-state index is 10.6. The molecule has 1 aromatic carbocycles. The molecule has 0 aliphatic heterocycles. The van der Waals surface area contributed by atoms with Crippen LogP contribution < -0.4 is 34.7 Å². The Labute approximate surface area is 87.9 Å². The topological polar surface area (TPSA) is 60.2 Å². The van der Waals surface area contributed by atoms with E-state index in [4.69, 9.17) is 5.14 Å². The number of hydrogen-bond donors (Lipinski definition) is 1. The first-order valence-corrected chi connectivity index (χ1v) is 4.23. The predicted octanol–water partition coefficient (Wildman–Crippen LogP) is -2.66. The van der Waals surface area contributed by atoms with Gasteiger partial charge in [0.15, 0.2) is 0 Å². The van der Waals surface area contributed by atoms with Crippen LogP contribution >= 0.6 is 0 Å². The molecule has 0 fully saturated rings. The second-order valence-electron chi connectivity index (χ2n) is 1.86. The molecule has 5 heteroatoms. The van der Waals surface area contributed by atoms with Gasteiger partial charge in [0.25, 0.3) is 0 Å². The van der Waals surface area contributed by atoms with Crippen LogP contribution in [0.2, 0.25) is 0 Å². The van der Waals surface area contributed by atoms with Crippen molar-refractivity contribution in [2.45, 2.75) is 4.90 Å². The van der Waals surface area contributed by atoms with Crippen molar-refractivity contribution in [3.63, 3.8) is 0 Å². The standard InChI is InChI=1S/C6H7NO2S.Na/c7-10(8,9)6-4-2-1-3-5-6;/h1-5H,(H2,7,8,9);/q;+1. The first-order chi connectivity index (χ1) is 4.61. The largest absolute Gasteiger partial charge is 1.00 e. The average molecular weight is 180 g/mol. The van der Waals surface area contributed by atoms with Crippen LogP contribution in [-0.4, -0.2) is 8.42 Å². The number of nitrogens with two attached hydrogens (primary N) is 1. The van der Waals surface area contributed by atoms with Crippen LogP contribution in [0.4, 0.5) is 0 Å². The Balaban J connectivity index is 0.000001000. The normalized spacial score (nSPS) is 10.3. The predicted molar refractivity (Wildman–Crippen MR) is 37.8 cm³/mol. The van der Waals surface area contributed by atoms with Crippen molar-refractivity contribution >= 4 is 10.0 Å². The zero-order valence-corrected chi connectivity index (χ0v) is 9.01. The van der Waals surface area contributed by atoms with Crippen molar-refractivity contribution in [2.75, 3.05) is 0 Å². The van der Waals surface area contributed by atoms with E-state index in [1.54, 1.807) is 18.2 Å². The molecule has 0 atom stereocenters. The Morgan fingerprint density at radius 3 is 1.82 bits per heavy atom. The van der Waals surface area contributed by atoms with Crippen molar-refractivity contribution in [3.05, 3.63) is 30.3 Å². The van der Waals surface area contributed by atoms with Gasteiger partial charge in [-0.2, -0.15) is 0 Å². The van der Waals surface area contributed by atoms with Gasteiger partial charge in [0.1, 0.15) is 0 Å². The van der Waals surface area contributed by atoms with Crippen LogP contribution in [0.15, 0.2) is 35.2 Å². The molecule has 0 bridgehead atoms. The Bertz CT molecular complexity index is 309. The molecule has 1 rings (SSSR count). The second-order valence-corrected chi connectivity index (χ2v) is 3.42. The van der Waals surface area contributed by atoms with E-state index < -0.39 is 10.0 Å². The Hall–Kier alpha value is 0.130. The molecule has 0 heterocycles. The Morgan fingerprint density at radius 1 is 1.09 bits per heavy atom. The quantitative estimate of drug-likeness (QED) is 0.479. The number of hydrogen-bond acceptors (Lipinski definition) is 2. The molecule has 0 aromatic heterocycles. The van der Waals surface area contributed by atoms with Crippen LogP contribution in [0, 0.1) is 0 Å². The molecule has 54 valence electrons. The molecule has 11 heavy (non-hydrogen) atoms. The molecule has 2 N–H and O–H groups in total. The molecule has 0 spiro atoms. The maximum atomic E-state index is 10.6. The molecule has 0 saturated heterocycles. The van der Waals surface area contributed by atoms with Gasteiger partial charge in [-0.25, -0.2) is 13.6 Å². The third-order valence-electron chi connectivity index (χ3n) is 1.07. The van der Waals surface area contributed by atoms with Gasteiger partial charge in [-0.3, -0.25) is 0 Å². The monoisotopic (exact) mass is 180 g/mol. The molecule has 0 radical (unpaired) electrons. The summed E-state index contributed by atoms with van der Waals surface area (Å²) < 4.78 is 21.2. The van der Waals surface area contributed by atoms with Crippen molar-refractivity contribution in [3.8, 4) is 0 Å². The Kier molecular flexibility index (Phi) is 4.28. The van der Waals surface area contributed by atoms with Gasteiger partial charge >= 0.3 is 29.6 Å². The molecule has 0 unspecified atom stereocenters. The van der Waals surface area contributed by atoms with Gasteiger partial charge in [-0.15, -0.1) is 0 Å². The first-order valence-electron chi connectivity index (χ1n) is 2.68. The number of sulfonamides is 1. The fraction of sp³-hybridized carbons (Fsp3) is 0. The number of primary sulfonamides is 1. The molecule has 0 aliphatic carbocycles. The van der Waals surface area contributed by atoms with Crippen molar-refractivity contribution in [1.29, 1.82) is 0 Å². The summed E-state index contributed by atoms with van der Waals surface area (Å²) in [6.45, 7) is 0. The second kappa shape index (κ2) is 4.23. The minimum Gasteiger partial charge on any atom is -0.225 e. The van der Waals surface area contributed by atoms with E-state index in [0.717, 1.165) is 0 Å². The summed E-state index contributed by atoms with van der Waals surface area (Å²) in [5, 5.41) is 4.83. The zero-order valence-electron chi connectivity index (χ0n) is 6.19. The van der Waals surface area contributed by atoms with E-state index in [2.05, 4.69) is 0 Å². The molecular weight excluding hydrogens is 173 g/mol. The summed E-state index contributed by atoms with van der Waals surface area (Å²) in [6, 6.07) is 7.89. The van der Waals surface area contributed by atoms with Crippen LogP contribution in [0.1, 0.15) is 0 Å². The van der Waals surface area contributed by atoms with Crippen LogP contribution in [0.25, 0.3) is 0 Å². The van der Waals surface area contributed by atoms with Gasteiger partial charge in [0.05, 0.1) is 4.90 Å². The molecule has 3 nitrogen and oxygen atoms in total. The Morgan fingerprint density at radius 2 is 1.55 bits per heavy atom. The SMILES string of the molecule is NS(=O)(=O)c1ccccc1.[Na+]. The number of benzene rings is 1. The van der Waals surface area contributed by atoms with Crippen LogP contribution in [-0.2, 0) is 10.0 Å².